The predicted octanol–water partition coefficient (Wildman–Crippen LogP) is 3.04. The van der Waals surface area contributed by atoms with E-state index in [0.717, 1.165) is 23.8 Å². The summed E-state index contributed by atoms with van der Waals surface area (Å²) in [6.45, 7) is 0.0877. The second-order valence-electron chi connectivity index (χ2n) is 3.90. The van der Waals surface area contributed by atoms with Gasteiger partial charge in [-0.2, -0.15) is 0 Å². The molecule has 1 unspecified atom stereocenters. The van der Waals surface area contributed by atoms with Crippen LogP contribution in [0.1, 0.15) is 11.6 Å². The third-order valence-electron chi connectivity index (χ3n) is 2.54. The van der Waals surface area contributed by atoms with Gasteiger partial charge in [0, 0.05) is 6.07 Å². The number of benzene rings is 2. The molecular formula is C14H13F2NO. The van der Waals surface area contributed by atoms with Gasteiger partial charge in [-0.3, -0.25) is 0 Å². The quantitative estimate of drug-likeness (QED) is 0.903. The van der Waals surface area contributed by atoms with Crippen molar-refractivity contribution in [1.82, 2.24) is 0 Å². The summed E-state index contributed by atoms with van der Waals surface area (Å²) in [4.78, 5) is 0. The summed E-state index contributed by atoms with van der Waals surface area (Å²) in [5.41, 5.74) is 6.77. The molecule has 0 saturated carbocycles. The lowest BCUT2D eigenvalue weighted by Crippen LogP contribution is -2.19. The van der Waals surface area contributed by atoms with Crippen LogP contribution in [0.4, 0.5) is 8.78 Å². The SMILES string of the molecule is NC(COc1cc(F)ccc1F)c1ccccc1. The molecule has 2 aromatic rings. The van der Waals surface area contributed by atoms with Crippen molar-refractivity contribution in [3.8, 4) is 5.75 Å². The first kappa shape index (κ1) is 12.5. The fourth-order valence-corrected chi connectivity index (χ4v) is 1.56. The van der Waals surface area contributed by atoms with Crippen LogP contribution in [0.15, 0.2) is 48.5 Å². The first-order chi connectivity index (χ1) is 8.66. The van der Waals surface area contributed by atoms with Gasteiger partial charge in [-0.1, -0.05) is 30.3 Å². The average molecular weight is 249 g/mol. The van der Waals surface area contributed by atoms with Gasteiger partial charge in [0.1, 0.15) is 12.4 Å². The second kappa shape index (κ2) is 5.60. The van der Waals surface area contributed by atoms with Crippen LogP contribution in [0.5, 0.6) is 5.75 Å². The number of rotatable bonds is 4. The fourth-order valence-electron chi connectivity index (χ4n) is 1.56. The first-order valence-corrected chi connectivity index (χ1v) is 5.55. The summed E-state index contributed by atoms with van der Waals surface area (Å²) in [6.07, 6.45) is 0. The van der Waals surface area contributed by atoms with E-state index in [9.17, 15) is 8.78 Å². The molecule has 0 heterocycles. The molecule has 0 fully saturated rings. The van der Waals surface area contributed by atoms with Gasteiger partial charge >= 0.3 is 0 Å². The molecule has 0 radical (unpaired) electrons. The number of halogens is 2. The van der Waals surface area contributed by atoms with E-state index in [1.54, 1.807) is 0 Å². The molecule has 2 aromatic carbocycles. The molecule has 0 aliphatic rings. The van der Waals surface area contributed by atoms with E-state index in [1.165, 1.54) is 0 Å². The van der Waals surface area contributed by atoms with E-state index in [-0.39, 0.29) is 18.4 Å². The molecule has 0 spiro atoms. The van der Waals surface area contributed by atoms with E-state index >= 15 is 0 Å². The minimum Gasteiger partial charge on any atom is -0.488 e. The molecule has 2 rings (SSSR count). The molecule has 0 bridgehead atoms. The Labute approximate surface area is 104 Å². The highest BCUT2D eigenvalue weighted by Crippen LogP contribution is 2.19. The molecule has 0 saturated heterocycles. The van der Waals surface area contributed by atoms with Gasteiger partial charge < -0.3 is 10.5 Å². The van der Waals surface area contributed by atoms with Gasteiger partial charge in [0.2, 0.25) is 0 Å². The maximum Gasteiger partial charge on any atom is 0.165 e. The normalized spacial score (nSPS) is 12.2. The summed E-state index contributed by atoms with van der Waals surface area (Å²) in [5, 5.41) is 0. The highest BCUT2D eigenvalue weighted by Gasteiger charge is 2.09. The predicted molar refractivity (Wildman–Crippen MR) is 65.2 cm³/mol. The number of nitrogens with two attached hydrogens (primary N) is 1. The van der Waals surface area contributed by atoms with Crippen molar-refractivity contribution >= 4 is 0 Å². The Morgan fingerprint density at radius 1 is 1.06 bits per heavy atom. The number of ether oxygens (including phenoxy) is 1. The van der Waals surface area contributed by atoms with Crippen molar-refractivity contribution < 1.29 is 13.5 Å². The molecule has 94 valence electrons. The van der Waals surface area contributed by atoms with Crippen molar-refractivity contribution in [2.45, 2.75) is 6.04 Å². The lowest BCUT2D eigenvalue weighted by atomic mass is 10.1. The molecule has 0 amide bonds. The third-order valence-corrected chi connectivity index (χ3v) is 2.54. The summed E-state index contributed by atoms with van der Waals surface area (Å²) >= 11 is 0. The largest absolute Gasteiger partial charge is 0.488 e. The van der Waals surface area contributed by atoms with Crippen LogP contribution in [-0.4, -0.2) is 6.61 Å². The van der Waals surface area contributed by atoms with Gasteiger partial charge in [0.15, 0.2) is 11.6 Å². The molecule has 0 aromatic heterocycles. The smallest absolute Gasteiger partial charge is 0.165 e. The topological polar surface area (TPSA) is 35.2 Å². The zero-order valence-electron chi connectivity index (χ0n) is 9.64. The van der Waals surface area contributed by atoms with E-state index in [4.69, 9.17) is 10.5 Å². The van der Waals surface area contributed by atoms with E-state index in [2.05, 4.69) is 0 Å². The second-order valence-corrected chi connectivity index (χ2v) is 3.90. The van der Waals surface area contributed by atoms with Crippen LogP contribution in [0.2, 0.25) is 0 Å². The van der Waals surface area contributed by atoms with Crippen molar-refractivity contribution in [2.75, 3.05) is 6.61 Å². The maximum atomic E-state index is 13.3. The first-order valence-electron chi connectivity index (χ1n) is 5.55. The Hall–Kier alpha value is -1.94. The summed E-state index contributed by atoms with van der Waals surface area (Å²) in [6, 6.07) is 12.0. The standard InChI is InChI=1S/C14H13F2NO/c15-11-6-7-12(16)14(8-11)18-9-13(17)10-4-2-1-3-5-10/h1-8,13H,9,17H2. The molecule has 0 aliphatic heterocycles. The highest BCUT2D eigenvalue weighted by atomic mass is 19.1. The molecule has 2 nitrogen and oxygen atoms in total. The third kappa shape index (κ3) is 3.05. The monoisotopic (exact) mass is 249 g/mol. The Morgan fingerprint density at radius 3 is 2.50 bits per heavy atom. The van der Waals surface area contributed by atoms with Gasteiger partial charge in [-0.15, -0.1) is 0 Å². The lowest BCUT2D eigenvalue weighted by molar-refractivity contribution is 0.276. The Morgan fingerprint density at radius 2 is 1.78 bits per heavy atom. The van der Waals surface area contributed by atoms with Gasteiger partial charge in [-0.05, 0) is 17.7 Å². The maximum absolute atomic E-state index is 13.3. The number of hydrogen-bond donors (Lipinski definition) is 1. The fraction of sp³-hybridized carbons (Fsp3) is 0.143. The zero-order chi connectivity index (χ0) is 13.0. The summed E-state index contributed by atoms with van der Waals surface area (Å²) < 4.78 is 31.4. The molecule has 2 N–H and O–H groups in total. The van der Waals surface area contributed by atoms with Crippen molar-refractivity contribution in [1.29, 1.82) is 0 Å². The molecular weight excluding hydrogens is 236 g/mol. The van der Waals surface area contributed by atoms with Crippen molar-refractivity contribution in [3.05, 3.63) is 65.7 Å². The molecule has 18 heavy (non-hydrogen) atoms. The van der Waals surface area contributed by atoms with Crippen LogP contribution in [-0.2, 0) is 0 Å². The highest BCUT2D eigenvalue weighted by molar-refractivity contribution is 5.25. The summed E-state index contributed by atoms with van der Waals surface area (Å²) in [7, 11) is 0. The van der Waals surface area contributed by atoms with Crippen LogP contribution in [0, 0.1) is 11.6 Å². The van der Waals surface area contributed by atoms with Crippen molar-refractivity contribution in [3.63, 3.8) is 0 Å². The molecule has 1 atom stereocenters. The van der Waals surface area contributed by atoms with Gasteiger partial charge in [-0.25, -0.2) is 8.78 Å². The van der Waals surface area contributed by atoms with E-state index in [0.29, 0.717) is 0 Å². The molecule has 0 aliphatic carbocycles. The van der Waals surface area contributed by atoms with Crippen LogP contribution < -0.4 is 10.5 Å². The average Bonchev–Trinajstić information content (AvgIpc) is 2.40. The van der Waals surface area contributed by atoms with Crippen molar-refractivity contribution in [2.24, 2.45) is 5.73 Å². The summed E-state index contributed by atoms with van der Waals surface area (Å²) in [5.74, 6) is -1.27. The Bertz CT molecular complexity index is 516. The van der Waals surface area contributed by atoms with Gasteiger partial charge in [0.05, 0.1) is 6.04 Å². The van der Waals surface area contributed by atoms with E-state index < -0.39 is 11.6 Å². The van der Waals surface area contributed by atoms with Crippen LogP contribution in [0.3, 0.4) is 0 Å². The Kier molecular flexibility index (Phi) is 3.89. The van der Waals surface area contributed by atoms with Crippen LogP contribution in [0.25, 0.3) is 0 Å². The minimum atomic E-state index is -0.600. The minimum absolute atomic E-state index is 0.0877. The Balaban J connectivity index is 2.01. The molecule has 4 heteroatoms. The number of hydrogen-bond acceptors (Lipinski definition) is 2. The zero-order valence-corrected chi connectivity index (χ0v) is 9.64. The lowest BCUT2D eigenvalue weighted by Gasteiger charge is -2.13. The van der Waals surface area contributed by atoms with E-state index in [1.807, 2.05) is 30.3 Å². The van der Waals surface area contributed by atoms with Crippen LogP contribution >= 0.6 is 0 Å². The van der Waals surface area contributed by atoms with Gasteiger partial charge in [0.25, 0.3) is 0 Å².